The highest BCUT2D eigenvalue weighted by Crippen LogP contribution is 2.23. The molecule has 2 heterocycles. The molecule has 21 heavy (non-hydrogen) atoms. The number of rotatable bonds is 3. The van der Waals surface area contributed by atoms with Gasteiger partial charge < -0.3 is 4.90 Å². The number of likely N-dealkylation sites (tertiary alicyclic amines) is 1. The maximum Gasteiger partial charge on any atom is 0.263 e. The molecule has 0 radical (unpaired) electrons. The number of carbonyl (C=O) groups excluding carboxylic acids is 1. The van der Waals surface area contributed by atoms with Gasteiger partial charge in [0.05, 0.1) is 4.88 Å². The van der Waals surface area contributed by atoms with Gasteiger partial charge in [-0.1, -0.05) is 18.2 Å². The molecule has 1 amide bonds. The third-order valence-corrected chi connectivity index (χ3v) is 4.93. The zero-order valence-corrected chi connectivity index (χ0v) is 12.6. The Morgan fingerprint density at radius 1 is 1.19 bits per heavy atom. The minimum Gasteiger partial charge on any atom is -0.338 e. The number of carbonyl (C=O) groups is 1. The average molecular weight is 303 g/mol. The smallest absolute Gasteiger partial charge is 0.263 e. The van der Waals surface area contributed by atoms with E-state index in [1.54, 1.807) is 0 Å². The van der Waals surface area contributed by atoms with E-state index < -0.39 is 0 Å². The van der Waals surface area contributed by atoms with Crippen molar-refractivity contribution in [1.82, 2.24) is 4.90 Å². The standard InChI is InChI=1S/C17H18FNOS/c18-15-5-3-13(4-6-15)12-14-7-9-19(10-8-14)17(20)16-2-1-11-21-16/h1-6,11,14H,7-10,12H2. The summed E-state index contributed by atoms with van der Waals surface area (Å²) in [6, 6.07) is 10.6. The summed E-state index contributed by atoms with van der Waals surface area (Å²) in [6.07, 6.45) is 3.02. The SMILES string of the molecule is O=C(c1cccs1)N1CCC(Cc2ccc(F)cc2)CC1. The van der Waals surface area contributed by atoms with Crippen LogP contribution in [0.3, 0.4) is 0 Å². The lowest BCUT2D eigenvalue weighted by atomic mass is 9.90. The second kappa shape index (κ2) is 6.39. The molecule has 0 N–H and O–H groups in total. The summed E-state index contributed by atoms with van der Waals surface area (Å²) in [5, 5.41) is 1.94. The van der Waals surface area contributed by atoms with E-state index in [0.717, 1.165) is 37.2 Å². The molecule has 1 aliphatic heterocycles. The minimum absolute atomic E-state index is 0.158. The molecule has 1 fully saturated rings. The van der Waals surface area contributed by atoms with Crippen molar-refractivity contribution in [3.63, 3.8) is 0 Å². The van der Waals surface area contributed by atoms with Gasteiger partial charge in [0.2, 0.25) is 0 Å². The van der Waals surface area contributed by atoms with Crippen LogP contribution in [0.1, 0.15) is 28.1 Å². The molecule has 0 saturated carbocycles. The molecule has 1 saturated heterocycles. The molecule has 110 valence electrons. The molecule has 1 aliphatic rings. The van der Waals surface area contributed by atoms with Gasteiger partial charge in [-0.05, 0) is 54.3 Å². The van der Waals surface area contributed by atoms with E-state index in [1.807, 2.05) is 34.5 Å². The number of hydrogen-bond acceptors (Lipinski definition) is 2. The minimum atomic E-state index is -0.185. The van der Waals surface area contributed by atoms with Crippen molar-refractivity contribution in [1.29, 1.82) is 0 Å². The second-order valence-corrected chi connectivity index (χ2v) is 6.49. The molecule has 0 bridgehead atoms. The van der Waals surface area contributed by atoms with Crippen LogP contribution in [0.5, 0.6) is 0 Å². The summed E-state index contributed by atoms with van der Waals surface area (Å²) < 4.78 is 12.9. The summed E-state index contributed by atoms with van der Waals surface area (Å²) in [5.74, 6) is 0.559. The maximum absolute atomic E-state index is 12.9. The fraction of sp³-hybridized carbons (Fsp3) is 0.353. The Morgan fingerprint density at radius 3 is 2.52 bits per heavy atom. The van der Waals surface area contributed by atoms with Crippen LogP contribution in [0.2, 0.25) is 0 Å². The number of amides is 1. The van der Waals surface area contributed by atoms with E-state index in [0.29, 0.717) is 5.92 Å². The van der Waals surface area contributed by atoms with Crippen LogP contribution >= 0.6 is 11.3 Å². The Kier molecular flexibility index (Phi) is 4.34. The Labute approximate surface area is 128 Å². The number of halogens is 1. The quantitative estimate of drug-likeness (QED) is 0.840. The van der Waals surface area contributed by atoms with Crippen LogP contribution < -0.4 is 0 Å². The van der Waals surface area contributed by atoms with Crippen molar-refractivity contribution in [2.24, 2.45) is 5.92 Å². The summed E-state index contributed by atoms with van der Waals surface area (Å²) in [5.41, 5.74) is 1.18. The molecule has 0 spiro atoms. The second-order valence-electron chi connectivity index (χ2n) is 5.54. The van der Waals surface area contributed by atoms with E-state index in [-0.39, 0.29) is 11.7 Å². The number of benzene rings is 1. The highest BCUT2D eigenvalue weighted by atomic mass is 32.1. The van der Waals surface area contributed by atoms with Crippen LogP contribution in [0.15, 0.2) is 41.8 Å². The van der Waals surface area contributed by atoms with Gasteiger partial charge in [0.25, 0.3) is 5.91 Å². The van der Waals surface area contributed by atoms with Gasteiger partial charge in [0.15, 0.2) is 0 Å². The lowest BCUT2D eigenvalue weighted by Gasteiger charge is -2.31. The average Bonchev–Trinajstić information content (AvgIpc) is 3.04. The monoisotopic (exact) mass is 303 g/mol. The highest BCUT2D eigenvalue weighted by molar-refractivity contribution is 7.12. The number of piperidine rings is 1. The van der Waals surface area contributed by atoms with E-state index in [4.69, 9.17) is 0 Å². The highest BCUT2D eigenvalue weighted by Gasteiger charge is 2.24. The molecule has 0 aliphatic carbocycles. The number of hydrogen-bond donors (Lipinski definition) is 0. The molecular formula is C17H18FNOS. The van der Waals surface area contributed by atoms with Gasteiger partial charge in [-0.3, -0.25) is 4.79 Å². The first-order valence-electron chi connectivity index (χ1n) is 7.29. The Balaban J connectivity index is 1.53. The summed E-state index contributed by atoms with van der Waals surface area (Å²) in [6.45, 7) is 1.64. The van der Waals surface area contributed by atoms with Gasteiger partial charge in [0.1, 0.15) is 5.82 Å². The first-order chi connectivity index (χ1) is 10.2. The Morgan fingerprint density at radius 2 is 1.90 bits per heavy atom. The summed E-state index contributed by atoms with van der Waals surface area (Å²) in [4.78, 5) is 15.0. The number of nitrogens with zero attached hydrogens (tertiary/aromatic N) is 1. The third-order valence-electron chi connectivity index (χ3n) is 4.07. The first-order valence-corrected chi connectivity index (χ1v) is 8.17. The molecule has 0 unspecified atom stereocenters. The Bertz CT molecular complexity index is 586. The van der Waals surface area contributed by atoms with E-state index in [2.05, 4.69) is 0 Å². The first kappa shape index (κ1) is 14.3. The molecule has 2 nitrogen and oxygen atoms in total. The topological polar surface area (TPSA) is 20.3 Å². The van der Waals surface area contributed by atoms with Crippen molar-refractivity contribution in [2.45, 2.75) is 19.3 Å². The summed E-state index contributed by atoms with van der Waals surface area (Å²) >= 11 is 1.50. The molecule has 2 aromatic rings. The van der Waals surface area contributed by atoms with Crippen LogP contribution in [0.25, 0.3) is 0 Å². The van der Waals surface area contributed by atoms with Gasteiger partial charge in [0, 0.05) is 13.1 Å². The summed E-state index contributed by atoms with van der Waals surface area (Å²) in [7, 11) is 0. The largest absolute Gasteiger partial charge is 0.338 e. The Hall–Kier alpha value is -1.68. The normalized spacial score (nSPS) is 16.1. The molecule has 0 atom stereocenters. The van der Waals surface area contributed by atoms with E-state index >= 15 is 0 Å². The van der Waals surface area contributed by atoms with Gasteiger partial charge in [-0.2, -0.15) is 0 Å². The van der Waals surface area contributed by atoms with Crippen molar-refractivity contribution in [2.75, 3.05) is 13.1 Å². The molecule has 3 rings (SSSR count). The van der Waals surface area contributed by atoms with Crippen LogP contribution in [-0.2, 0) is 6.42 Å². The van der Waals surface area contributed by atoms with Gasteiger partial charge in [-0.25, -0.2) is 4.39 Å². The predicted octanol–water partition coefficient (Wildman–Crippen LogP) is 3.98. The lowest BCUT2D eigenvalue weighted by Crippen LogP contribution is -2.38. The predicted molar refractivity (Wildman–Crippen MR) is 83.1 cm³/mol. The van der Waals surface area contributed by atoms with E-state index in [9.17, 15) is 9.18 Å². The molecule has 4 heteroatoms. The van der Waals surface area contributed by atoms with Crippen molar-refractivity contribution in [3.05, 3.63) is 58.0 Å². The van der Waals surface area contributed by atoms with Crippen LogP contribution in [0, 0.1) is 11.7 Å². The van der Waals surface area contributed by atoms with E-state index in [1.165, 1.54) is 29.0 Å². The van der Waals surface area contributed by atoms with Gasteiger partial charge >= 0.3 is 0 Å². The molecule has 1 aromatic carbocycles. The van der Waals surface area contributed by atoms with Crippen molar-refractivity contribution in [3.8, 4) is 0 Å². The van der Waals surface area contributed by atoms with Crippen LogP contribution in [-0.4, -0.2) is 23.9 Å². The molecule has 1 aromatic heterocycles. The van der Waals surface area contributed by atoms with Gasteiger partial charge in [-0.15, -0.1) is 11.3 Å². The fourth-order valence-corrected chi connectivity index (χ4v) is 3.54. The molecular weight excluding hydrogens is 285 g/mol. The fourth-order valence-electron chi connectivity index (χ4n) is 2.85. The van der Waals surface area contributed by atoms with Crippen molar-refractivity contribution >= 4 is 17.2 Å². The zero-order chi connectivity index (χ0) is 14.7. The maximum atomic E-state index is 12.9. The third kappa shape index (κ3) is 3.50. The van der Waals surface area contributed by atoms with Crippen molar-refractivity contribution < 1.29 is 9.18 Å². The lowest BCUT2D eigenvalue weighted by molar-refractivity contribution is 0.0695. The number of thiophene rings is 1. The van der Waals surface area contributed by atoms with Crippen LogP contribution in [0.4, 0.5) is 4.39 Å². The zero-order valence-electron chi connectivity index (χ0n) is 11.8.